The first-order valence-corrected chi connectivity index (χ1v) is 8.00. The molecule has 1 atom stereocenters. The normalized spacial score (nSPS) is 21.3. The maximum Gasteiger partial charge on any atom is 0.301 e. The molecular formula is C13H21N3O2S. The number of nitrogen functional groups attached to an aromatic ring is 1. The van der Waals surface area contributed by atoms with Gasteiger partial charge in [0.2, 0.25) is 0 Å². The van der Waals surface area contributed by atoms with Crippen LogP contribution in [0.4, 0.5) is 11.4 Å². The van der Waals surface area contributed by atoms with Crippen LogP contribution in [0, 0.1) is 6.92 Å². The molecule has 19 heavy (non-hydrogen) atoms. The van der Waals surface area contributed by atoms with Crippen LogP contribution < -0.4 is 10.5 Å². The highest BCUT2D eigenvalue weighted by Crippen LogP contribution is 2.23. The Morgan fingerprint density at radius 1 is 1.37 bits per heavy atom. The van der Waals surface area contributed by atoms with E-state index in [1.54, 1.807) is 12.1 Å². The van der Waals surface area contributed by atoms with E-state index in [0.29, 0.717) is 17.9 Å². The molecule has 3 N–H and O–H groups in total. The van der Waals surface area contributed by atoms with E-state index in [9.17, 15) is 8.42 Å². The number of nitrogens with zero attached hydrogens (tertiary/aromatic N) is 1. The predicted octanol–water partition coefficient (Wildman–Crippen LogP) is 2.11. The lowest BCUT2D eigenvalue weighted by molar-refractivity contribution is 0.270. The van der Waals surface area contributed by atoms with E-state index in [0.717, 1.165) is 24.8 Å². The maximum absolute atomic E-state index is 12.3. The molecule has 1 saturated heterocycles. The molecule has 1 heterocycles. The summed E-state index contributed by atoms with van der Waals surface area (Å²) in [4.78, 5) is 0. The van der Waals surface area contributed by atoms with E-state index in [2.05, 4.69) is 4.72 Å². The maximum atomic E-state index is 12.3. The number of benzene rings is 1. The van der Waals surface area contributed by atoms with Crippen LogP contribution in [0.2, 0.25) is 0 Å². The van der Waals surface area contributed by atoms with E-state index in [1.165, 1.54) is 4.31 Å². The van der Waals surface area contributed by atoms with Gasteiger partial charge in [0.1, 0.15) is 0 Å². The minimum Gasteiger partial charge on any atom is -0.398 e. The van der Waals surface area contributed by atoms with Crippen LogP contribution in [-0.4, -0.2) is 25.3 Å². The van der Waals surface area contributed by atoms with Gasteiger partial charge in [-0.3, -0.25) is 4.72 Å². The lowest BCUT2D eigenvalue weighted by Gasteiger charge is -2.32. The van der Waals surface area contributed by atoms with Gasteiger partial charge in [-0.05, 0) is 44.4 Å². The quantitative estimate of drug-likeness (QED) is 0.834. The second kappa shape index (κ2) is 5.38. The number of nitrogens with one attached hydrogen (secondary N) is 1. The smallest absolute Gasteiger partial charge is 0.301 e. The summed E-state index contributed by atoms with van der Waals surface area (Å²) in [5.74, 6) is 0. The first-order valence-electron chi connectivity index (χ1n) is 6.56. The molecule has 1 aromatic carbocycles. The number of aryl methyl sites for hydroxylation is 1. The first-order chi connectivity index (χ1) is 8.90. The van der Waals surface area contributed by atoms with Gasteiger partial charge in [-0.25, -0.2) is 0 Å². The molecule has 0 spiro atoms. The van der Waals surface area contributed by atoms with Crippen LogP contribution in [0.15, 0.2) is 18.2 Å². The van der Waals surface area contributed by atoms with Crippen molar-refractivity contribution >= 4 is 21.6 Å². The van der Waals surface area contributed by atoms with Crippen molar-refractivity contribution in [2.24, 2.45) is 0 Å². The van der Waals surface area contributed by atoms with Crippen LogP contribution >= 0.6 is 0 Å². The zero-order valence-corrected chi connectivity index (χ0v) is 12.2. The molecular weight excluding hydrogens is 262 g/mol. The van der Waals surface area contributed by atoms with Crippen molar-refractivity contribution in [2.75, 3.05) is 17.0 Å². The van der Waals surface area contributed by atoms with Crippen molar-refractivity contribution in [3.63, 3.8) is 0 Å². The van der Waals surface area contributed by atoms with Gasteiger partial charge in [-0.2, -0.15) is 12.7 Å². The van der Waals surface area contributed by atoms with E-state index >= 15 is 0 Å². The molecule has 1 aliphatic heterocycles. The Bertz CT molecular complexity index is 557. The number of anilines is 2. The van der Waals surface area contributed by atoms with E-state index in [-0.39, 0.29) is 6.04 Å². The van der Waals surface area contributed by atoms with Gasteiger partial charge in [0, 0.05) is 18.3 Å². The fraction of sp³-hybridized carbons (Fsp3) is 0.538. The number of piperidine rings is 1. The second-order valence-corrected chi connectivity index (χ2v) is 6.76. The van der Waals surface area contributed by atoms with E-state index in [1.807, 2.05) is 19.9 Å². The van der Waals surface area contributed by atoms with Gasteiger partial charge in [0.05, 0.1) is 5.69 Å². The summed E-state index contributed by atoms with van der Waals surface area (Å²) in [6, 6.07) is 5.25. The summed E-state index contributed by atoms with van der Waals surface area (Å²) >= 11 is 0. The van der Waals surface area contributed by atoms with E-state index in [4.69, 9.17) is 5.73 Å². The van der Waals surface area contributed by atoms with Crippen LogP contribution in [0.3, 0.4) is 0 Å². The zero-order valence-electron chi connectivity index (χ0n) is 11.4. The highest BCUT2D eigenvalue weighted by atomic mass is 32.2. The molecule has 0 saturated carbocycles. The van der Waals surface area contributed by atoms with Crippen molar-refractivity contribution in [3.8, 4) is 0 Å². The molecule has 0 aliphatic carbocycles. The number of hydrogen-bond acceptors (Lipinski definition) is 3. The van der Waals surface area contributed by atoms with Crippen molar-refractivity contribution in [1.82, 2.24) is 4.31 Å². The molecule has 0 amide bonds. The summed E-state index contributed by atoms with van der Waals surface area (Å²) < 4.78 is 28.8. The minimum absolute atomic E-state index is 0.0500. The van der Waals surface area contributed by atoms with Gasteiger partial charge in [-0.15, -0.1) is 0 Å². The summed E-state index contributed by atoms with van der Waals surface area (Å²) in [6.07, 6.45) is 2.92. The van der Waals surface area contributed by atoms with Gasteiger partial charge >= 0.3 is 10.2 Å². The van der Waals surface area contributed by atoms with Crippen molar-refractivity contribution in [3.05, 3.63) is 23.8 Å². The fourth-order valence-electron chi connectivity index (χ4n) is 2.34. The first kappa shape index (κ1) is 14.1. The average molecular weight is 283 g/mol. The van der Waals surface area contributed by atoms with Crippen LogP contribution in [0.25, 0.3) is 0 Å². The molecule has 0 radical (unpaired) electrons. The summed E-state index contributed by atoms with van der Waals surface area (Å²) in [5, 5.41) is 0. The third-order valence-corrected chi connectivity index (χ3v) is 5.23. The molecule has 2 rings (SSSR count). The van der Waals surface area contributed by atoms with Crippen LogP contribution in [0.5, 0.6) is 0 Å². The molecule has 5 nitrogen and oxygen atoms in total. The molecule has 1 aliphatic rings. The van der Waals surface area contributed by atoms with Gasteiger partial charge in [0.15, 0.2) is 0 Å². The molecule has 1 aromatic rings. The van der Waals surface area contributed by atoms with Gasteiger partial charge < -0.3 is 5.73 Å². The number of nitrogens with two attached hydrogens (primary N) is 1. The van der Waals surface area contributed by atoms with Crippen LogP contribution in [0.1, 0.15) is 31.7 Å². The fourth-order valence-corrected chi connectivity index (χ4v) is 3.83. The standard InChI is InChI=1S/C13H21N3O2S/c1-10-6-7-12(9-13(10)14)15-19(17,18)16-8-4-3-5-11(16)2/h6-7,9,11,15H,3-5,8,14H2,1-2H3. The largest absolute Gasteiger partial charge is 0.398 e. The lowest BCUT2D eigenvalue weighted by Crippen LogP contribution is -2.44. The molecule has 0 aromatic heterocycles. The average Bonchev–Trinajstić information content (AvgIpc) is 2.34. The van der Waals surface area contributed by atoms with Gasteiger partial charge in [0.25, 0.3) is 0 Å². The third kappa shape index (κ3) is 3.19. The third-order valence-electron chi connectivity index (χ3n) is 3.58. The summed E-state index contributed by atoms with van der Waals surface area (Å²) in [7, 11) is -3.49. The Labute approximate surface area is 115 Å². The number of rotatable bonds is 3. The molecule has 1 unspecified atom stereocenters. The molecule has 1 fully saturated rings. The monoisotopic (exact) mass is 283 g/mol. The molecule has 106 valence electrons. The Kier molecular flexibility index (Phi) is 4.01. The van der Waals surface area contributed by atoms with Crippen LogP contribution in [-0.2, 0) is 10.2 Å². The Morgan fingerprint density at radius 2 is 2.11 bits per heavy atom. The molecule has 0 bridgehead atoms. The molecule has 6 heteroatoms. The summed E-state index contributed by atoms with van der Waals surface area (Å²) in [5.41, 5.74) is 7.84. The second-order valence-electron chi connectivity index (χ2n) is 5.13. The Morgan fingerprint density at radius 3 is 2.74 bits per heavy atom. The van der Waals surface area contributed by atoms with Crippen molar-refractivity contribution in [1.29, 1.82) is 0 Å². The Balaban J connectivity index is 2.18. The van der Waals surface area contributed by atoms with E-state index < -0.39 is 10.2 Å². The highest BCUT2D eigenvalue weighted by molar-refractivity contribution is 7.90. The van der Waals surface area contributed by atoms with Crippen molar-refractivity contribution < 1.29 is 8.42 Å². The highest BCUT2D eigenvalue weighted by Gasteiger charge is 2.29. The number of hydrogen-bond donors (Lipinski definition) is 2. The topological polar surface area (TPSA) is 75.4 Å². The lowest BCUT2D eigenvalue weighted by atomic mass is 10.1. The van der Waals surface area contributed by atoms with Gasteiger partial charge in [-0.1, -0.05) is 12.5 Å². The summed E-state index contributed by atoms with van der Waals surface area (Å²) in [6.45, 7) is 4.42. The Hall–Kier alpha value is -1.27. The SMILES string of the molecule is Cc1ccc(NS(=O)(=O)N2CCCCC2C)cc1N. The minimum atomic E-state index is -3.49. The zero-order chi connectivity index (χ0) is 14.0. The predicted molar refractivity (Wildman–Crippen MR) is 78.2 cm³/mol. The van der Waals surface area contributed by atoms with Crippen molar-refractivity contribution in [2.45, 2.75) is 39.2 Å².